The molecule has 0 radical (unpaired) electrons. The highest BCUT2D eigenvalue weighted by Gasteiger charge is 2.31. The fourth-order valence-electron chi connectivity index (χ4n) is 3.32. The van der Waals surface area contributed by atoms with Gasteiger partial charge in [-0.2, -0.15) is 13.2 Å². The first kappa shape index (κ1) is 18.1. The average Bonchev–Trinajstić information content (AvgIpc) is 3.05. The molecule has 0 aliphatic carbocycles. The summed E-state index contributed by atoms with van der Waals surface area (Å²) >= 11 is 0. The van der Waals surface area contributed by atoms with Gasteiger partial charge in [-0.15, -0.1) is 0 Å². The van der Waals surface area contributed by atoms with Gasteiger partial charge in [0.2, 0.25) is 0 Å². The molecule has 0 bridgehead atoms. The standard InChI is InChI=1S/C20H15F3N2O3/c1-28-17-9-11(2-5-16(17)26)8-12-6-7-25-18(12)24-15-10-13(20(21,22)23)3-4-14(15)19(25)27/h2-5,8-10,26H,6-7H2,1H3. The van der Waals surface area contributed by atoms with E-state index in [2.05, 4.69) is 4.98 Å². The van der Waals surface area contributed by atoms with Crippen molar-refractivity contribution < 1.29 is 23.0 Å². The molecule has 8 heteroatoms. The van der Waals surface area contributed by atoms with Crippen molar-refractivity contribution in [2.24, 2.45) is 0 Å². The number of phenolic OH excluding ortho intramolecular Hbond substituents is 1. The van der Waals surface area contributed by atoms with Crippen LogP contribution in [0.2, 0.25) is 0 Å². The van der Waals surface area contributed by atoms with Crippen LogP contribution in [0.15, 0.2) is 41.2 Å². The third-order valence-corrected chi connectivity index (χ3v) is 4.72. The smallest absolute Gasteiger partial charge is 0.416 e. The lowest BCUT2D eigenvalue weighted by atomic mass is 10.1. The van der Waals surface area contributed by atoms with Gasteiger partial charge in [-0.25, -0.2) is 4.98 Å². The Hall–Kier alpha value is -3.29. The van der Waals surface area contributed by atoms with Gasteiger partial charge in [0, 0.05) is 6.54 Å². The van der Waals surface area contributed by atoms with Crippen LogP contribution in [0.25, 0.3) is 22.6 Å². The van der Waals surface area contributed by atoms with E-state index in [1.807, 2.05) is 0 Å². The lowest BCUT2D eigenvalue weighted by Gasteiger charge is -2.09. The van der Waals surface area contributed by atoms with E-state index in [0.717, 1.165) is 23.3 Å². The topological polar surface area (TPSA) is 64.4 Å². The van der Waals surface area contributed by atoms with Crippen molar-refractivity contribution >= 4 is 22.6 Å². The normalized spacial score (nSPS) is 15.2. The number of halogens is 3. The summed E-state index contributed by atoms with van der Waals surface area (Å²) in [7, 11) is 1.43. The number of hydrogen-bond acceptors (Lipinski definition) is 4. The molecule has 2 heterocycles. The zero-order chi connectivity index (χ0) is 20.1. The summed E-state index contributed by atoms with van der Waals surface area (Å²) in [5.74, 6) is 0.645. The number of methoxy groups -OCH3 is 1. The second-order valence-electron chi connectivity index (χ2n) is 6.47. The van der Waals surface area contributed by atoms with E-state index in [0.29, 0.717) is 24.5 Å². The molecular weight excluding hydrogens is 373 g/mol. The van der Waals surface area contributed by atoms with Gasteiger partial charge in [0.25, 0.3) is 5.56 Å². The highest BCUT2D eigenvalue weighted by Crippen LogP contribution is 2.33. The van der Waals surface area contributed by atoms with Gasteiger partial charge in [0.1, 0.15) is 5.82 Å². The lowest BCUT2D eigenvalue weighted by molar-refractivity contribution is -0.137. The van der Waals surface area contributed by atoms with Gasteiger partial charge in [0.05, 0.1) is 23.6 Å². The number of benzene rings is 2. The minimum atomic E-state index is -4.51. The van der Waals surface area contributed by atoms with Gasteiger partial charge in [0.15, 0.2) is 11.5 Å². The average molecular weight is 388 g/mol. The van der Waals surface area contributed by atoms with Crippen LogP contribution >= 0.6 is 0 Å². The lowest BCUT2D eigenvalue weighted by Crippen LogP contribution is -2.21. The minimum absolute atomic E-state index is 0.00325. The Bertz CT molecular complexity index is 1180. The number of rotatable bonds is 2. The molecule has 0 amide bonds. The van der Waals surface area contributed by atoms with E-state index in [1.54, 1.807) is 18.2 Å². The first-order valence-electron chi connectivity index (χ1n) is 8.47. The molecule has 0 unspecified atom stereocenters. The van der Waals surface area contributed by atoms with Crippen LogP contribution < -0.4 is 10.3 Å². The Kier molecular flexibility index (Phi) is 4.14. The molecule has 1 aliphatic heterocycles. The Labute approximate surface area is 157 Å². The molecule has 5 nitrogen and oxygen atoms in total. The van der Waals surface area contributed by atoms with Gasteiger partial charge in [-0.3, -0.25) is 9.36 Å². The van der Waals surface area contributed by atoms with Gasteiger partial charge < -0.3 is 9.84 Å². The number of allylic oxidation sites excluding steroid dienone is 1. The van der Waals surface area contributed by atoms with Gasteiger partial charge in [-0.05, 0) is 54.0 Å². The molecule has 0 atom stereocenters. The highest BCUT2D eigenvalue weighted by atomic mass is 19.4. The first-order valence-corrected chi connectivity index (χ1v) is 8.47. The zero-order valence-corrected chi connectivity index (χ0v) is 14.7. The number of aromatic nitrogens is 2. The van der Waals surface area contributed by atoms with Crippen LogP contribution in [0.3, 0.4) is 0 Å². The fourth-order valence-corrected chi connectivity index (χ4v) is 3.32. The summed E-state index contributed by atoms with van der Waals surface area (Å²) in [6.45, 7) is 0.402. The third kappa shape index (κ3) is 3.00. The summed E-state index contributed by atoms with van der Waals surface area (Å²) in [4.78, 5) is 17.0. The second kappa shape index (κ2) is 6.40. The van der Waals surface area contributed by atoms with Crippen LogP contribution in [-0.4, -0.2) is 21.8 Å². The number of alkyl halides is 3. The maximum absolute atomic E-state index is 13.0. The van der Waals surface area contributed by atoms with Crippen molar-refractivity contribution in [3.63, 3.8) is 0 Å². The van der Waals surface area contributed by atoms with Gasteiger partial charge in [-0.1, -0.05) is 6.07 Å². The monoisotopic (exact) mass is 388 g/mol. The second-order valence-corrected chi connectivity index (χ2v) is 6.47. The zero-order valence-electron chi connectivity index (χ0n) is 14.7. The summed E-state index contributed by atoms with van der Waals surface area (Å²) in [6, 6.07) is 7.76. The number of hydrogen-bond donors (Lipinski definition) is 1. The van der Waals surface area contributed by atoms with Crippen molar-refractivity contribution in [2.45, 2.75) is 19.1 Å². The predicted octanol–water partition coefficient (Wildman–Crippen LogP) is 4.07. The molecule has 1 aromatic heterocycles. The molecule has 4 rings (SSSR count). The highest BCUT2D eigenvalue weighted by molar-refractivity contribution is 5.85. The fraction of sp³-hybridized carbons (Fsp3) is 0.200. The first-order chi connectivity index (χ1) is 13.3. The summed E-state index contributed by atoms with van der Waals surface area (Å²) in [6.07, 6.45) is -2.20. The predicted molar refractivity (Wildman–Crippen MR) is 98.2 cm³/mol. The Morgan fingerprint density at radius 1 is 1.21 bits per heavy atom. The van der Waals surface area contributed by atoms with Crippen LogP contribution in [0, 0.1) is 0 Å². The van der Waals surface area contributed by atoms with E-state index in [4.69, 9.17) is 4.74 Å². The quantitative estimate of drug-likeness (QED) is 0.719. The number of ether oxygens (including phenoxy) is 1. The van der Waals surface area contributed by atoms with E-state index in [1.165, 1.54) is 23.8 Å². The number of phenols is 1. The molecular formula is C20H15F3N2O3. The molecule has 144 valence electrons. The van der Waals surface area contributed by atoms with Crippen molar-refractivity contribution in [3.05, 3.63) is 63.7 Å². The molecule has 0 saturated heterocycles. The van der Waals surface area contributed by atoms with Crippen LogP contribution in [0.4, 0.5) is 13.2 Å². The van der Waals surface area contributed by atoms with Crippen LogP contribution in [0.1, 0.15) is 23.4 Å². The van der Waals surface area contributed by atoms with Crippen molar-refractivity contribution in [1.82, 2.24) is 9.55 Å². The molecule has 0 saturated carbocycles. The molecule has 3 aromatic rings. The molecule has 28 heavy (non-hydrogen) atoms. The van der Waals surface area contributed by atoms with Crippen molar-refractivity contribution in [2.75, 3.05) is 7.11 Å². The largest absolute Gasteiger partial charge is 0.504 e. The van der Waals surface area contributed by atoms with Crippen LogP contribution in [0.5, 0.6) is 11.5 Å². The van der Waals surface area contributed by atoms with Crippen molar-refractivity contribution in [3.8, 4) is 11.5 Å². The summed E-state index contributed by atoms with van der Waals surface area (Å²) in [5.41, 5.74) is 0.256. The van der Waals surface area contributed by atoms with E-state index in [9.17, 15) is 23.1 Å². The molecule has 1 N–H and O–H groups in total. The molecule has 2 aromatic carbocycles. The molecule has 0 fully saturated rings. The Balaban J connectivity index is 1.86. The Morgan fingerprint density at radius 3 is 2.71 bits per heavy atom. The maximum Gasteiger partial charge on any atom is 0.416 e. The Morgan fingerprint density at radius 2 is 2.00 bits per heavy atom. The number of fused-ring (bicyclic) bond motifs is 2. The van der Waals surface area contributed by atoms with Crippen molar-refractivity contribution in [1.29, 1.82) is 0 Å². The maximum atomic E-state index is 13.0. The van der Waals surface area contributed by atoms with Gasteiger partial charge >= 0.3 is 6.18 Å². The third-order valence-electron chi connectivity index (χ3n) is 4.72. The summed E-state index contributed by atoms with van der Waals surface area (Å²) < 4.78 is 45.6. The SMILES string of the molecule is COc1cc(C=C2CCn3c2nc2cc(C(F)(F)F)ccc2c3=O)ccc1O. The minimum Gasteiger partial charge on any atom is -0.504 e. The van der Waals surface area contributed by atoms with E-state index < -0.39 is 11.7 Å². The van der Waals surface area contributed by atoms with E-state index in [-0.39, 0.29) is 22.2 Å². The number of aromatic hydroxyl groups is 1. The number of nitrogens with zero attached hydrogens (tertiary/aromatic N) is 2. The van der Waals surface area contributed by atoms with E-state index >= 15 is 0 Å². The van der Waals surface area contributed by atoms with Crippen LogP contribution in [-0.2, 0) is 12.7 Å². The molecule has 1 aliphatic rings. The molecule has 0 spiro atoms. The summed E-state index contributed by atoms with van der Waals surface area (Å²) in [5, 5.41) is 9.86.